The highest BCUT2D eigenvalue weighted by molar-refractivity contribution is 6.14. The number of nitrogens with one attached hydrogen (secondary N) is 3. The highest BCUT2D eigenvalue weighted by Gasteiger charge is 2.27. The number of nitrogens with two attached hydrogens (primary N) is 1. The molecule has 0 aliphatic heterocycles. The Kier molecular flexibility index (Phi) is 7.48. The van der Waals surface area contributed by atoms with E-state index in [0.717, 1.165) is 5.69 Å². The minimum absolute atomic E-state index is 0.0790. The lowest BCUT2D eigenvalue weighted by Gasteiger charge is -2.28. The number of aliphatic hydroxyl groups excluding tert-OH is 1. The Labute approximate surface area is 164 Å². The summed E-state index contributed by atoms with van der Waals surface area (Å²) in [5.74, 6) is 0.0721. The highest BCUT2D eigenvalue weighted by atomic mass is 16.5. The normalized spacial score (nSPS) is 17.4. The number of pyridine rings is 1. The Morgan fingerprint density at radius 3 is 2.79 bits per heavy atom. The van der Waals surface area contributed by atoms with Crippen LogP contribution in [0.3, 0.4) is 0 Å². The van der Waals surface area contributed by atoms with Gasteiger partial charge in [0.05, 0.1) is 23.6 Å². The van der Waals surface area contributed by atoms with E-state index in [2.05, 4.69) is 15.6 Å². The van der Waals surface area contributed by atoms with Crippen LogP contribution < -0.4 is 16.4 Å². The van der Waals surface area contributed by atoms with E-state index in [0.29, 0.717) is 17.9 Å². The van der Waals surface area contributed by atoms with E-state index < -0.39 is 11.4 Å². The van der Waals surface area contributed by atoms with Crippen LogP contribution in [0.15, 0.2) is 59.7 Å². The second-order valence-electron chi connectivity index (χ2n) is 6.60. The van der Waals surface area contributed by atoms with Crippen molar-refractivity contribution in [2.45, 2.75) is 26.0 Å². The van der Waals surface area contributed by atoms with Crippen molar-refractivity contribution in [2.24, 2.45) is 5.73 Å². The quantitative estimate of drug-likeness (QED) is 0.399. The molecule has 1 atom stereocenters. The van der Waals surface area contributed by atoms with E-state index in [4.69, 9.17) is 15.9 Å². The molecule has 1 aliphatic rings. The number of rotatable bonds is 9. The summed E-state index contributed by atoms with van der Waals surface area (Å²) in [4.78, 5) is 17.0. The fourth-order valence-electron chi connectivity index (χ4n) is 2.43. The number of aromatic nitrogens is 1. The topological polar surface area (TPSA) is 133 Å². The lowest BCUT2D eigenvalue weighted by molar-refractivity contribution is -0.120. The summed E-state index contributed by atoms with van der Waals surface area (Å²) in [6.45, 7) is 4.05. The molecule has 1 aliphatic carbocycles. The lowest BCUT2D eigenvalue weighted by atomic mass is 9.99. The van der Waals surface area contributed by atoms with E-state index in [1.54, 1.807) is 31.3 Å². The monoisotopic (exact) mass is 385 g/mol. The molecule has 28 heavy (non-hydrogen) atoms. The fraction of sp³-hybridized carbons (Fsp3) is 0.350. The van der Waals surface area contributed by atoms with Crippen LogP contribution in [-0.4, -0.2) is 46.9 Å². The molecular weight excluding hydrogens is 358 g/mol. The second-order valence-corrected chi connectivity index (χ2v) is 6.60. The van der Waals surface area contributed by atoms with Crippen LogP contribution in [0.5, 0.6) is 0 Å². The predicted octanol–water partition coefficient (Wildman–Crippen LogP) is 0.761. The smallest absolute Gasteiger partial charge is 0.268 e. The van der Waals surface area contributed by atoms with E-state index in [-0.39, 0.29) is 31.2 Å². The first-order valence-electron chi connectivity index (χ1n) is 9.05. The minimum atomic E-state index is -0.951. The molecule has 0 spiro atoms. The van der Waals surface area contributed by atoms with Crippen molar-refractivity contribution >= 4 is 11.6 Å². The van der Waals surface area contributed by atoms with Crippen molar-refractivity contribution in [3.63, 3.8) is 0 Å². The van der Waals surface area contributed by atoms with Crippen LogP contribution >= 0.6 is 0 Å². The Balaban J connectivity index is 2.27. The van der Waals surface area contributed by atoms with Gasteiger partial charge in [-0.15, -0.1) is 0 Å². The fourth-order valence-corrected chi connectivity index (χ4v) is 2.43. The number of hydrogen-bond acceptors (Lipinski definition) is 7. The van der Waals surface area contributed by atoms with Crippen molar-refractivity contribution < 1.29 is 14.6 Å². The summed E-state index contributed by atoms with van der Waals surface area (Å²) >= 11 is 0. The molecule has 8 heteroatoms. The summed E-state index contributed by atoms with van der Waals surface area (Å²) in [5, 5.41) is 23.4. The minimum Gasteiger partial charge on any atom is -0.487 e. The summed E-state index contributed by atoms with van der Waals surface area (Å²) < 4.78 is 5.76. The molecule has 0 radical (unpaired) electrons. The van der Waals surface area contributed by atoms with Gasteiger partial charge >= 0.3 is 0 Å². The van der Waals surface area contributed by atoms with Gasteiger partial charge in [0.25, 0.3) is 5.91 Å². The summed E-state index contributed by atoms with van der Waals surface area (Å²) in [6.07, 6.45) is 6.57. The van der Waals surface area contributed by atoms with Gasteiger partial charge in [-0.3, -0.25) is 9.78 Å². The van der Waals surface area contributed by atoms with Gasteiger partial charge in [0.15, 0.2) is 0 Å². The number of amides is 1. The number of carbonyl (C=O) groups excluding carboxylic acids is 1. The molecule has 0 saturated carbocycles. The molecule has 1 unspecified atom stereocenters. The van der Waals surface area contributed by atoms with Crippen LogP contribution in [0, 0.1) is 5.41 Å². The van der Waals surface area contributed by atoms with Gasteiger partial charge in [0.1, 0.15) is 18.1 Å². The Morgan fingerprint density at radius 2 is 2.18 bits per heavy atom. The van der Waals surface area contributed by atoms with Crippen LogP contribution in [0.4, 0.5) is 0 Å². The van der Waals surface area contributed by atoms with E-state index in [1.165, 1.54) is 0 Å². The molecule has 1 aromatic rings. The molecule has 0 aromatic carbocycles. The number of aliphatic hydroxyl groups is 1. The van der Waals surface area contributed by atoms with Gasteiger partial charge in [-0.05, 0) is 44.2 Å². The van der Waals surface area contributed by atoms with E-state index in [9.17, 15) is 9.90 Å². The summed E-state index contributed by atoms with van der Waals surface area (Å²) in [7, 11) is 0. The molecule has 2 rings (SSSR count). The first kappa shape index (κ1) is 21.3. The maximum absolute atomic E-state index is 12.8. The molecular formula is C20H27N5O3. The zero-order valence-corrected chi connectivity index (χ0v) is 16.2. The summed E-state index contributed by atoms with van der Waals surface area (Å²) in [6, 6.07) is 5.56. The van der Waals surface area contributed by atoms with Crippen molar-refractivity contribution in [1.82, 2.24) is 15.6 Å². The third kappa shape index (κ3) is 5.51. The average molecular weight is 385 g/mol. The van der Waals surface area contributed by atoms with Crippen LogP contribution in [0.1, 0.15) is 19.5 Å². The third-order valence-corrected chi connectivity index (χ3v) is 4.17. The van der Waals surface area contributed by atoms with Gasteiger partial charge in [-0.25, -0.2) is 0 Å². The van der Waals surface area contributed by atoms with E-state index >= 15 is 0 Å². The van der Waals surface area contributed by atoms with Crippen molar-refractivity contribution in [2.75, 3.05) is 19.7 Å². The Hall–Kier alpha value is -2.97. The SMILES string of the molecule is CCN/C(C(=O)NC(C)(CN)CO)=C1/C=C(OCc2ccccn2)C=CC1=N. The van der Waals surface area contributed by atoms with Crippen LogP contribution in [0.25, 0.3) is 0 Å². The summed E-state index contributed by atoms with van der Waals surface area (Å²) in [5.41, 5.74) is 6.28. The van der Waals surface area contributed by atoms with Crippen molar-refractivity contribution in [3.8, 4) is 0 Å². The zero-order chi connectivity index (χ0) is 20.6. The average Bonchev–Trinajstić information content (AvgIpc) is 2.72. The number of ether oxygens (including phenoxy) is 1. The molecule has 6 N–H and O–H groups in total. The Morgan fingerprint density at radius 1 is 1.39 bits per heavy atom. The number of allylic oxidation sites excluding steroid dienone is 4. The maximum atomic E-state index is 12.8. The molecule has 0 fully saturated rings. The molecule has 8 nitrogen and oxygen atoms in total. The first-order chi connectivity index (χ1) is 13.4. The standard InChI is InChI=1S/C20H27N5O3/c1-3-23-18(19(27)25-20(2,12-21)13-26)16-10-15(7-8-17(16)22)28-11-14-6-4-5-9-24-14/h4-10,22-23,26H,3,11-13,21H2,1-2H3,(H,25,27)/b18-16-,22-17?. The highest BCUT2D eigenvalue weighted by Crippen LogP contribution is 2.19. The molecule has 1 aromatic heterocycles. The molecule has 1 amide bonds. The maximum Gasteiger partial charge on any atom is 0.268 e. The number of carbonyl (C=O) groups is 1. The van der Waals surface area contributed by atoms with Crippen molar-refractivity contribution in [1.29, 1.82) is 5.41 Å². The van der Waals surface area contributed by atoms with Gasteiger partial charge < -0.3 is 31.6 Å². The van der Waals surface area contributed by atoms with Gasteiger partial charge in [0, 0.05) is 24.9 Å². The number of hydrogen-bond donors (Lipinski definition) is 5. The molecule has 150 valence electrons. The van der Waals surface area contributed by atoms with Gasteiger partial charge in [-0.2, -0.15) is 0 Å². The molecule has 0 bridgehead atoms. The lowest BCUT2D eigenvalue weighted by Crippen LogP contribution is -2.55. The third-order valence-electron chi connectivity index (χ3n) is 4.17. The van der Waals surface area contributed by atoms with E-state index in [1.807, 2.05) is 25.1 Å². The molecule has 1 heterocycles. The van der Waals surface area contributed by atoms with Crippen molar-refractivity contribution in [3.05, 3.63) is 65.3 Å². The van der Waals surface area contributed by atoms with Crippen LogP contribution in [0.2, 0.25) is 0 Å². The zero-order valence-electron chi connectivity index (χ0n) is 16.2. The first-order valence-corrected chi connectivity index (χ1v) is 9.05. The van der Waals surface area contributed by atoms with Crippen LogP contribution in [-0.2, 0) is 16.1 Å². The number of nitrogens with zero attached hydrogens (tertiary/aromatic N) is 1. The predicted molar refractivity (Wildman–Crippen MR) is 107 cm³/mol. The number of likely N-dealkylation sites (N-methyl/N-ethyl adjacent to an activating group) is 1. The molecule has 0 saturated heterocycles. The Bertz CT molecular complexity index is 795. The second kappa shape index (κ2) is 9.82. The van der Waals surface area contributed by atoms with Gasteiger partial charge in [0.2, 0.25) is 0 Å². The largest absolute Gasteiger partial charge is 0.487 e. The van der Waals surface area contributed by atoms with Gasteiger partial charge in [-0.1, -0.05) is 6.07 Å².